The Labute approximate surface area is 210 Å². The van der Waals surface area contributed by atoms with Crippen LogP contribution < -0.4 is 5.32 Å². The molecule has 35 heavy (non-hydrogen) atoms. The molecule has 1 saturated heterocycles. The van der Waals surface area contributed by atoms with Gasteiger partial charge in [0.25, 0.3) is 5.91 Å². The van der Waals surface area contributed by atoms with Crippen molar-refractivity contribution in [3.63, 3.8) is 0 Å². The summed E-state index contributed by atoms with van der Waals surface area (Å²) >= 11 is 2.76. The Bertz CT molecular complexity index is 1220. The first kappa shape index (κ1) is 23.2. The number of hydrogen-bond donors (Lipinski definition) is 2. The second-order valence-corrected chi connectivity index (χ2v) is 10.3. The quantitative estimate of drug-likeness (QED) is 0.374. The molecule has 0 bridgehead atoms. The number of ether oxygens (including phenoxy) is 1. The smallest absolute Gasteiger partial charge is 0.359 e. The topological polar surface area (TPSA) is 95.9 Å². The monoisotopic (exact) mass is 506 g/mol. The molecule has 5 rings (SSSR count). The molecule has 3 aromatic rings. The van der Waals surface area contributed by atoms with Crippen molar-refractivity contribution in [2.24, 2.45) is 0 Å². The van der Waals surface area contributed by atoms with Gasteiger partial charge in [-0.25, -0.2) is 4.79 Å². The molecular weight excluding hydrogens is 484 g/mol. The molecule has 2 aliphatic heterocycles. The summed E-state index contributed by atoms with van der Waals surface area (Å²) in [6.45, 7) is 0. The number of fused-ring (bicyclic) bond motifs is 1. The van der Waals surface area contributed by atoms with Gasteiger partial charge in [0.15, 0.2) is 11.8 Å². The zero-order valence-electron chi connectivity index (χ0n) is 18.5. The van der Waals surface area contributed by atoms with Gasteiger partial charge in [-0.2, -0.15) is 0 Å². The van der Waals surface area contributed by atoms with E-state index < -0.39 is 29.4 Å². The minimum absolute atomic E-state index is 0.136. The molecule has 0 aliphatic carbocycles. The normalized spacial score (nSPS) is 19.2. The van der Waals surface area contributed by atoms with Crippen LogP contribution in [0.4, 0.5) is 0 Å². The van der Waals surface area contributed by atoms with Crippen LogP contribution in [-0.2, 0) is 25.5 Å². The Balaban J connectivity index is 1.33. The molecule has 2 amide bonds. The van der Waals surface area contributed by atoms with Gasteiger partial charge in [0.05, 0.1) is 12.2 Å². The van der Waals surface area contributed by atoms with E-state index in [1.165, 1.54) is 28.0 Å². The van der Waals surface area contributed by atoms with Crippen LogP contribution in [0.5, 0.6) is 0 Å². The van der Waals surface area contributed by atoms with Crippen molar-refractivity contribution in [2.45, 2.75) is 23.9 Å². The largest absolute Gasteiger partial charge is 0.509 e. The molecule has 0 radical (unpaired) electrons. The Morgan fingerprint density at radius 1 is 1.03 bits per heavy atom. The van der Waals surface area contributed by atoms with Crippen LogP contribution in [0.15, 0.2) is 89.6 Å². The Hall–Kier alpha value is -3.56. The van der Waals surface area contributed by atoms with Crippen LogP contribution in [0, 0.1) is 0 Å². The van der Waals surface area contributed by atoms with E-state index in [1.54, 1.807) is 0 Å². The summed E-state index contributed by atoms with van der Waals surface area (Å²) in [6.07, 6.45) is -0.527. The van der Waals surface area contributed by atoms with Crippen LogP contribution in [0.1, 0.15) is 22.1 Å². The molecule has 2 atom stereocenters. The second-order valence-electron chi connectivity index (χ2n) is 8.11. The SMILES string of the molecule is O=C(Cc1cccs1)NC1C(=O)N2C(C(=O)OC(c3ccccc3)c3ccccc3)=C(O)CS[C@@H]12. The minimum Gasteiger partial charge on any atom is -0.509 e. The summed E-state index contributed by atoms with van der Waals surface area (Å²) in [7, 11) is 0. The predicted octanol–water partition coefficient (Wildman–Crippen LogP) is 3.79. The molecule has 0 saturated carbocycles. The van der Waals surface area contributed by atoms with Gasteiger partial charge in [-0.15, -0.1) is 23.1 Å². The first-order chi connectivity index (χ1) is 17.0. The molecule has 1 fully saturated rings. The number of thiophene rings is 1. The van der Waals surface area contributed by atoms with Crippen LogP contribution in [0.2, 0.25) is 0 Å². The number of β-lactam (4-membered cyclic amide) rings is 1. The molecule has 0 spiro atoms. The highest BCUT2D eigenvalue weighted by molar-refractivity contribution is 8.00. The number of nitrogens with zero attached hydrogens (tertiary/aromatic N) is 1. The van der Waals surface area contributed by atoms with Crippen molar-refractivity contribution < 1.29 is 24.2 Å². The van der Waals surface area contributed by atoms with Gasteiger partial charge in [-0.3, -0.25) is 14.5 Å². The zero-order valence-corrected chi connectivity index (χ0v) is 20.1. The number of carbonyl (C=O) groups is 3. The highest BCUT2D eigenvalue weighted by Gasteiger charge is 2.55. The molecule has 1 unspecified atom stereocenters. The van der Waals surface area contributed by atoms with E-state index in [9.17, 15) is 19.5 Å². The van der Waals surface area contributed by atoms with E-state index in [0.29, 0.717) is 0 Å². The standard InChI is InChI=1S/C26H22N2O5S2/c29-19-15-35-25-21(27-20(30)14-18-12-7-13-34-18)24(31)28(25)22(19)26(32)33-23(16-8-3-1-4-9-16)17-10-5-2-6-11-17/h1-13,21,23,25,29H,14-15H2,(H,27,30)/t21?,25-/m0/s1. The first-order valence-corrected chi connectivity index (χ1v) is 12.9. The van der Waals surface area contributed by atoms with Crippen molar-refractivity contribution in [2.75, 3.05) is 5.75 Å². The fourth-order valence-corrected chi connectivity index (χ4v) is 6.04. The van der Waals surface area contributed by atoms with Crippen molar-refractivity contribution in [3.8, 4) is 0 Å². The number of aliphatic hydroxyl groups is 1. The number of carbonyl (C=O) groups excluding carboxylic acids is 3. The van der Waals surface area contributed by atoms with Gasteiger partial charge >= 0.3 is 5.97 Å². The molecule has 2 aliphatic rings. The maximum absolute atomic E-state index is 13.3. The highest BCUT2D eigenvalue weighted by Crippen LogP contribution is 2.41. The Kier molecular flexibility index (Phi) is 6.61. The van der Waals surface area contributed by atoms with Crippen LogP contribution in [0.3, 0.4) is 0 Å². The zero-order chi connectivity index (χ0) is 24.4. The fourth-order valence-electron chi connectivity index (χ4n) is 4.14. The number of esters is 1. The van der Waals surface area contributed by atoms with E-state index in [0.717, 1.165) is 16.0 Å². The average Bonchev–Trinajstić information content (AvgIpc) is 3.39. The third kappa shape index (κ3) is 4.69. The Morgan fingerprint density at radius 3 is 2.29 bits per heavy atom. The Morgan fingerprint density at radius 2 is 1.69 bits per heavy atom. The number of aliphatic hydroxyl groups excluding tert-OH is 1. The summed E-state index contributed by atoms with van der Waals surface area (Å²) < 4.78 is 5.87. The summed E-state index contributed by atoms with van der Waals surface area (Å²) in [5.74, 6) is -1.58. The molecular formula is C26H22N2O5S2. The number of nitrogens with one attached hydrogen (secondary N) is 1. The van der Waals surface area contributed by atoms with Crippen LogP contribution >= 0.6 is 23.1 Å². The molecule has 178 valence electrons. The second kappa shape index (κ2) is 9.97. The average molecular weight is 507 g/mol. The third-order valence-electron chi connectivity index (χ3n) is 5.80. The maximum Gasteiger partial charge on any atom is 0.359 e. The first-order valence-electron chi connectivity index (χ1n) is 11.0. The number of hydrogen-bond acceptors (Lipinski definition) is 7. The number of benzene rings is 2. The summed E-state index contributed by atoms with van der Waals surface area (Å²) in [5.41, 5.74) is 1.37. The lowest BCUT2D eigenvalue weighted by atomic mass is 10.0. The van der Waals surface area contributed by atoms with E-state index >= 15 is 0 Å². The van der Waals surface area contributed by atoms with Crippen LogP contribution in [0.25, 0.3) is 0 Å². The predicted molar refractivity (Wildman–Crippen MR) is 134 cm³/mol. The summed E-state index contributed by atoms with van der Waals surface area (Å²) in [6, 6.07) is 21.5. The molecule has 3 heterocycles. The maximum atomic E-state index is 13.3. The number of rotatable bonds is 7. The van der Waals surface area contributed by atoms with Crippen molar-refractivity contribution in [1.29, 1.82) is 0 Å². The molecule has 1 aromatic heterocycles. The van der Waals surface area contributed by atoms with E-state index in [-0.39, 0.29) is 29.5 Å². The van der Waals surface area contributed by atoms with Gasteiger partial charge in [0.2, 0.25) is 5.91 Å². The molecule has 2 aromatic carbocycles. The highest BCUT2D eigenvalue weighted by atomic mass is 32.2. The minimum atomic E-state index is -0.790. The van der Waals surface area contributed by atoms with E-state index in [4.69, 9.17) is 4.74 Å². The van der Waals surface area contributed by atoms with Gasteiger partial charge in [-0.05, 0) is 22.6 Å². The molecule has 9 heteroatoms. The number of amides is 2. The number of thioether (sulfide) groups is 1. The third-order valence-corrected chi connectivity index (χ3v) is 7.94. The fraction of sp³-hybridized carbons (Fsp3) is 0.192. The summed E-state index contributed by atoms with van der Waals surface area (Å²) in [4.78, 5) is 40.8. The molecule has 7 nitrogen and oxygen atoms in total. The van der Waals surface area contributed by atoms with Gasteiger partial charge in [-0.1, -0.05) is 66.7 Å². The lowest BCUT2D eigenvalue weighted by Gasteiger charge is -2.48. The van der Waals surface area contributed by atoms with Crippen molar-refractivity contribution in [3.05, 3.63) is 106 Å². The lowest BCUT2D eigenvalue weighted by Crippen LogP contribution is -2.70. The van der Waals surface area contributed by atoms with Gasteiger partial charge < -0.3 is 15.2 Å². The van der Waals surface area contributed by atoms with Gasteiger partial charge in [0, 0.05) is 4.88 Å². The van der Waals surface area contributed by atoms with E-state index in [2.05, 4.69) is 5.32 Å². The van der Waals surface area contributed by atoms with Crippen LogP contribution in [-0.4, -0.2) is 45.0 Å². The van der Waals surface area contributed by atoms with Gasteiger partial charge in [0.1, 0.15) is 17.2 Å². The van der Waals surface area contributed by atoms with Crippen molar-refractivity contribution in [1.82, 2.24) is 10.2 Å². The lowest BCUT2D eigenvalue weighted by molar-refractivity contribution is -0.155. The summed E-state index contributed by atoms with van der Waals surface area (Å²) in [5, 5.41) is 14.7. The van der Waals surface area contributed by atoms with Crippen molar-refractivity contribution >= 4 is 40.9 Å². The van der Waals surface area contributed by atoms with E-state index in [1.807, 2.05) is 78.2 Å². The molecule has 2 N–H and O–H groups in total.